The molecular formula is C13H16N8. The number of hydrogen-bond donors (Lipinski definition) is 1. The van der Waals surface area contributed by atoms with Crippen LogP contribution in [0.25, 0.3) is 11.4 Å². The van der Waals surface area contributed by atoms with Crippen LogP contribution >= 0.6 is 0 Å². The van der Waals surface area contributed by atoms with Gasteiger partial charge in [-0.25, -0.2) is 0 Å². The number of rotatable bonds is 5. The molecular weight excluding hydrogens is 268 g/mol. The lowest BCUT2D eigenvalue weighted by Crippen LogP contribution is -2.06. The number of H-pyrrole nitrogens is 1. The zero-order valence-corrected chi connectivity index (χ0v) is 11.9. The van der Waals surface area contributed by atoms with Crippen LogP contribution in [0.15, 0.2) is 24.3 Å². The fourth-order valence-corrected chi connectivity index (χ4v) is 1.96. The second-order valence-electron chi connectivity index (χ2n) is 5.06. The van der Waals surface area contributed by atoms with Gasteiger partial charge in [-0.05, 0) is 16.7 Å². The van der Waals surface area contributed by atoms with E-state index in [1.807, 2.05) is 12.1 Å². The summed E-state index contributed by atoms with van der Waals surface area (Å²) < 4.78 is 0. The van der Waals surface area contributed by atoms with E-state index in [-0.39, 0.29) is 0 Å². The molecule has 0 spiro atoms. The molecule has 0 radical (unpaired) electrons. The molecule has 2 heterocycles. The summed E-state index contributed by atoms with van der Waals surface area (Å²) in [7, 11) is 0. The van der Waals surface area contributed by atoms with Gasteiger partial charge in [-0.15, -0.1) is 20.4 Å². The van der Waals surface area contributed by atoms with Crippen LogP contribution in [0.3, 0.4) is 0 Å². The van der Waals surface area contributed by atoms with Crippen molar-refractivity contribution < 1.29 is 0 Å². The standard InChI is InChI=1S/C13H16N8/c1-9(2)10-3-5-11(6-4-10)13-16-20-21(17-13)8-7-12-14-18-19-15-12/h3-6,9H,7-8H2,1-2H3,(H,14,15,18,19). The minimum absolute atomic E-state index is 0.512. The van der Waals surface area contributed by atoms with Crippen molar-refractivity contribution in [2.75, 3.05) is 0 Å². The van der Waals surface area contributed by atoms with Gasteiger partial charge in [0.25, 0.3) is 0 Å². The highest BCUT2D eigenvalue weighted by atomic mass is 15.6. The van der Waals surface area contributed by atoms with Crippen molar-refractivity contribution in [2.24, 2.45) is 0 Å². The number of hydrogen-bond acceptors (Lipinski definition) is 6. The quantitative estimate of drug-likeness (QED) is 0.756. The van der Waals surface area contributed by atoms with Crippen molar-refractivity contribution in [3.63, 3.8) is 0 Å². The average molecular weight is 284 g/mol. The first-order valence-electron chi connectivity index (χ1n) is 6.83. The summed E-state index contributed by atoms with van der Waals surface area (Å²) in [5.41, 5.74) is 2.26. The van der Waals surface area contributed by atoms with Gasteiger partial charge in [-0.1, -0.05) is 43.3 Å². The first-order valence-corrected chi connectivity index (χ1v) is 6.83. The van der Waals surface area contributed by atoms with Crippen LogP contribution in [0.4, 0.5) is 0 Å². The summed E-state index contributed by atoms with van der Waals surface area (Å²) in [4.78, 5) is 1.54. The molecule has 8 nitrogen and oxygen atoms in total. The molecule has 1 N–H and O–H groups in total. The van der Waals surface area contributed by atoms with Gasteiger partial charge >= 0.3 is 0 Å². The van der Waals surface area contributed by atoms with Crippen molar-refractivity contribution >= 4 is 0 Å². The zero-order chi connectivity index (χ0) is 14.7. The number of aromatic nitrogens is 8. The second kappa shape index (κ2) is 5.78. The topological polar surface area (TPSA) is 98.1 Å². The Balaban J connectivity index is 1.69. The van der Waals surface area contributed by atoms with Gasteiger partial charge in [-0.2, -0.15) is 10.0 Å². The largest absolute Gasteiger partial charge is 0.204 e. The molecule has 0 bridgehead atoms. The van der Waals surface area contributed by atoms with E-state index >= 15 is 0 Å². The van der Waals surface area contributed by atoms with Gasteiger partial charge in [0.05, 0.1) is 6.54 Å². The molecule has 0 aliphatic heterocycles. The Hall–Kier alpha value is -2.64. The maximum absolute atomic E-state index is 4.36. The van der Waals surface area contributed by atoms with Crippen LogP contribution in [-0.2, 0) is 13.0 Å². The second-order valence-corrected chi connectivity index (χ2v) is 5.06. The van der Waals surface area contributed by atoms with Crippen LogP contribution in [0.2, 0.25) is 0 Å². The van der Waals surface area contributed by atoms with E-state index in [9.17, 15) is 0 Å². The first-order chi connectivity index (χ1) is 10.2. The zero-order valence-electron chi connectivity index (χ0n) is 11.9. The number of tetrazole rings is 2. The molecule has 0 saturated heterocycles. The minimum atomic E-state index is 0.512. The molecule has 108 valence electrons. The van der Waals surface area contributed by atoms with E-state index in [2.05, 4.69) is 62.0 Å². The molecule has 21 heavy (non-hydrogen) atoms. The molecule has 8 heteroatoms. The molecule has 0 aliphatic rings. The Morgan fingerprint density at radius 1 is 1.14 bits per heavy atom. The summed E-state index contributed by atoms with van der Waals surface area (Å²) >= 11 is 0. The lowest BCUT2D eigenvalue weighted by Gasteiger charge is -2.04. The highest BCUT2D eigenvalue weighted by Crippen LogP contribution is 2.19. The van der Waals surface area contributed by atoms with Gasteiger partial charge in [-0.3, -0.25) is 0 Å². The summed E-state index contributed by atoms with van der Waals surface area (Å²) in [6.45, 7) is 4.90. The maximum atomic E-state index is 4.36. The summed E-state index contributed by atoms with van der Waals surface area (Å²) in [6, 6.07) is 8.24. The van der Waals surface area contributed by atoms with Crippen molar-refractivity contribution in [2.45, 2.75) is 32.7 Å². The normalized spacial score (nSPS) is 11.2. The predicted molar refractivity (Wildman–Crippen MR) is 75.2 cm³/mol. The summed E-state index contributed by atoms with van der Waals surface area (Å²) in [5.74, 6) is 1.77. The number of nitrogens with one attached hydrogen (secondary N) is 1. The lowest BCUT2D eigenvalue weighted by molar-refractivity contribution is 0.515. The molecule has 2 aromatic heterocycles. The highest BCUT2D eigenvalue weighted by Gasteiger charge is 2.08. The van der Waals surface area contributed by atoms with E-state index in [0.29, 0.717) is 30.5 Å². The number of aryl methyl sites for hydroxylation is 2. The Morgan fingerprint density at radius 2 is 1.95 bits per heavy atom. The molecule has 3 rings (SSSR count). The number of aromatic amines is 1. The van der Waals surface area contributed by atoms with Gasteiger partial charge < -0.3 is 0 Å². The molecule has 3 aromatic rings. The Morgan fingerprint density at radius 3 is 2.62 bits per heavy atom. The van der Waals surface area contributed by atoms with Crippen molar-refractivity contribution in [1.82, 2.24) is 40.8 Å². The molecule has 0 saturated carbocycles. The van der Waals surface area contributed by atoms with Gasteiger partial charge in [0.15, 0.2) is 5.82 Å². The molecule has 1 aromatic carbocycles. The van der Waals surface area contributed by atoms with Crippen molar-refractivity contribution in [1.29, 1.82) is 0 Å². The van der Waals surface area contributed by atoms with Crippen LogP contribution in [0.1, 0.15) is 31.2 Å². The number of benzene rings is 1. The molecule has 0 aliphatic carbocycles. The Kier molecular flexibility index (Phi) is 3.67. The van der Waals surface area contributed by atoms with Gasteiger partial charge in [0.1, 0.15) is 0 Å². The molecule has 0 fully saturated rings. The van der Waals surface area contributed by atoms with Crippen LogP contribution < -0.4 is 0 Å². The van der Waals surface area contributed by atoms with Crippen molar-refractivity contribution in [3.05, 3.63) is 35.7 Å². The summed E-state index contributed by atoms with van der Waals surface area (Å²) in [5, 5.41) is 26.2. The fraction of sp³-hybridized carbons (Fsp3) is 0.385. The third-order valence-corrected chi connectivity index (χ3v) is 3.21. The van der Waals surface area contributed by atoms with E-state index in [0.717, 1.165) is 5.56 Å². The smallest absolute Gasteiger partial charge is 0.177 e. The lowest BCUT2D eigenvalue weighted by atomic mass is 10.0. The van der Waals surface area contributed by atoms with E-state index < -0.39 is 0 Å². The summed E-state index contributed by atoms with van der Waals surface area (Å²) in [6.07, 6.45) is 0.610. The van der Waals surface area contributed by atoms with Crippen LogP contribution in [0.5, 0.6) is 0 Å². The Labute approximate surface area is 121 Å². The first kappa shape index (κ1) is 13.3. The van der Waals surface area contributed by atoms with E-state index in [1.54, 1.807) is 4.80 Å². The third-order valence-electron chi connectivity index (χ3n) is 3.21. The number of nitrogens with zero attached hydrogens (tertiary/aromatic N) is 7. The van der Waals surface area contributed by atoms with Gasteiger partial charge in [0.2, 0.25) is 5.82 Å². The molecule has 0 atom stereocenters. The van der Waals surface area contributed by atoms with Crippen LogP contribution in [0, 0.1) is 0 Å². The van der Waals surface area contributed by atoms with Crippen LogP contribution in [-0.4, -0.2) is 40.8 Å². The van der Waals surface area contributed by atoms with Gasteiger partial charge in [0, 0.05) is 12.0 Å². The fourth-order valence-electron chi connectivity index (χ4n) is 1.96. The predicted octanol–water partition coefficient (Wildman–Crippen LogP) is 1.22. The SMILES string of the molecule is CC(C)c1ccc(-c2nnn(CCc3nn[nH]n3)n2)cc1. The Bertz CT molecular complexity index is 683. The minimum Gasteiger partial charge on any atom is -0.177 e. The highest BCUT2D eigenvalue weighted by molar-refractivity contribution is 5.54. The average Bonchev–Trinajstić information content (AvgIpc) is 3.17. The van der Waals surface area contributed by atoms with Crippen molar-refractivity contribution in [3.8, 4) is 11.4 Å². The molecule has 0 amide bonds. The van der Waals surface area contributed by atoms with E-state index in [4.69, 9.17) is 0 Å². The maximum Gasteiger partial charge on any atom is 0.204 e. The monoisotopic (exact) mass is 284 g/mol. The van der Waals surface area contributed by atoms with E-state index in [1.165, 1.54) is 5.56 Å². The molecule has 0 unspecified atom stereocenters. The third kappa shape index (κ3) is 3.10.